The van der Waals surface area contributed by atoms with Gasteiger partial charge in [0, 0.05) is 22.0 Å². The minimum Gasteiger partial charge on any atom is -0.292 e. The van der Waals surface area contributed by atoms with E-state index in [-0.39, 0.29) is 0 Å². The molecule has 0 atom stereocenters. The van der Waals surface area contributed by atoms with Crippen LogP contribution in [0.15, 0.2) is 218 Å². The van der Waals surface area contributed by atoms with Gasteiger partial charge in [0.25, 0.3) is 0 Å². The van der Waals surface area contributed by atoms with E-state index >= 15 is 0 Å². The van der Waals surface area contributed by atoms with Gasteiger partial charge in [-0.1, -0.05) is 158 Å². The lowest BCUT2D eigenvalue weighted by atomic mass is 9.85. The van der Waals surface area contributed by atoms with Crippen LogP contribution >= 0.6 is 0 Å². The monoisotopic (exact) mass is 788 g/mol. The Morgan fingerprint density at radius 2 is 0.806 bits per heavy atom. The van der Waals surface area contributed by atoms with Crippen molar-refractivity contribution in [1.82, 2.24) is 18.9 Å². The molecule has 0 radical (unpaired) electrons. The molecule has 0 fully saturated rings. The van der Waals surface area contributed by atoms with Gasteiger partial charge in [-0.05, 0) is 121 Å². The third-order valence-electron chi connectivity index (χ3n) is 12.7. The summed E-state index contributed by atoms with van der Waals surface area (Å²) in [6.45, 7) is 0. The van der Waals surface area contributed by atoms with Gasteiger partial charge in [0.1, 0.15) is 11.5 Å². The Balaban J connectivity index is 0.956. The predicted molar refractivity (Wildman–Crippen MR) is 259 cm³/mol. The molecule has 3 heterocycles. The summed E-state index contributed by atoms with van der Waals surface area (Å²) in [6.07, 6.45) is 0. The van der Waals surface area contributed by atoms with E-state index in [2.05, 4.69) is 227 Å². The Bertz CT molecular complexity index is 3860. The number of rotatable bonds is 5. The predicted octanol–water partition coefficient (Wildman–Crippen LogP) is 15.1. The van der Waals surface area contributed by atoms with Crippen molar-refractivity contribution in [3.8, 4) is 50.5 Å². The Morgan fingerprint density at radius 1 is 0.290 bits per heavy atom. The van der Waals surface area contributed by atoms with Gasteiger partial charge in [-0.15, -0.1) is 0 Å². The molecule has 0 bridgehead atoms. The minimum absolute atomic E-state index is 0.928. The molecule has 13 aromatic rings. The summed E-state index contributed by atoms with van der Waals surface area (Å²) in [6, 6.07) is 78.7. The Hall–Kier alpha value is -8.34. The Labute approximate surface area is 357 Å². The summed E-state index contributed by atoms with van der Waals surface area (Å²) in [5.41, 5.74) is 15.7. The molecule has 0 amide bonds. The zero-order valence-corrected chi connectivity index (χ0v) is 33.6. The molecule has 62 heavy (non-hydrogen) atoms. The molecule has 0 spiro atoms. The number of hydrogen-bond donors (Lipinski definition) is 0. The van der Waals surface area contributed by atoms with E-state index < -0.39 is 0 Å². The largest absolute Gasteiger partial charge is 0.292 e. The average Bonchev–Trinajstić information content (AvgIpc) is 3.93. The highest BCUT2D eigenvalue weighted by Gasteiger charge is 2.20. The van der Waals surface area contributed by atoms with Crippen molar-refractivity contribution < 1.29 is 0 Å². The van der Waals surface area contributed by atoms with E-state index in [1.54, 1.807) is 0 Å². The Morgan fingerprint density at radius 3 is 1.52 bits per heavy atom. The lowest BCUT2D eigenvalue weighted by Gasteiger charge is -2.18. The lowest BCUT2D eigenvalue weighted by molar-refractivity contribution is 1.10. The maximum Gasteiger partial charge on any atom is 0.146 e. The van der Waals surface area contributed by atoms with Crippen LogP contribution in [0.1, 0.15) is 0 Å². The van der Waals surface area contributed by atoms with E-state index in [9.17, 15) is 0 Å². The number of hydrogen-bond acceptors (Lipinski definition) is 2. The minimum atomic E-state index is 0.928. The molecule has 13 rings (SSSR count). The molecule has 0 aliphatic rings. The summed E-state index contributed by atoms with van der Waals surface area (Å²) in [4.78, 5) is 10.3. The molecule has 0 N–H and O–H groups in total. The zero-order valence-electron chi connectivity index (χ0n) is 33.6. The van der Waals surface area contributed by atoms with Crippen LogP contribution in [0.4, 0.5) is 0 Å². The van der Waals surface area contributed by atoms with Crippen LogP contribution in [0.3, 0.4) is 0 Å². The summed E-state index contributed by atoms with van der Waals surface area (Å²) in [5.74, 6) is 0.928. The van der Waals surface area contributed by atoms with Gasteiger partial charge in [-0.25, -0.2) is 9.97 Å². The molecular weight excluding hydrogens is 753 g/mol. The molecule has 0 aliphatic carbocycles. The molecule has 0 aliphatic heterocycles. The lowest BCUT2D eigenvalue weighted by Crippen LogP contribution is -1.97. The number of aromatic nitrogens is 4. The van der Waals surface area contributed by atoms with Crippen molar-refractivity contribution in [3.63, 3.8) is 0 Å². The van der Waals surface area contributed by atoms with Crippen molar-refractivity contribution in [3.05, 3.63) is 218 Å². The maximum absolute atomic E-state index is 5.14. The average molecular weight is 789 g/mol. The second-order valence-corrected chi connectivity index (χ2v) is 16.1. The highest BCUT2D eigenvalue weighted by atomic mass is 15.1. The van der Waals surface area contributed by atoms with Gasteiger partial charge < -0.3 is 0 Å². The van der Waals surface area contributed by atoms with Crippen molar-refractivity contribution in [1.29, 1.82) is 0 Å². The fraction of sp³-hybridized carbons (Fsp3) is 0. The van der Waals surface area contributed by atoms with Crippen LogP contribution in [-0.2, 0) is 0 Å². The first-order valence-electron chi connectivity index (χ1n) is 21.2. The Kier molecular flexibility index (Phi) is 7.57. The second kappa shape index (κ2) is 13.6. The number of benzene rings is 10. The van der Waals surface area contributed by atoms with Gasteiger partial charge >= 0.3 is 0 Å². The fourth-order valence-corrected chi connectivity index (χ4v) is 9.94. The van der Waals surface area contributed by atoms with Crippen molar-refractivity contribution >= 4 is 70.9 Å². The highest BCUT2D eigenvalue weighted by molar-refractivity contribution is 6.22. The van der Waals surface area contributed by atoms with Gasteiger partial charge in [-0.3, -0.25) is 8.97 Å². The summed E-state index contributed by atoms with van der Waals surface area (Å²) < 4.78 is 4.57. The van der Waals surface area contributed by atoms with Crippen LogP contribution in [-0.4, -0.2) is 18.9 Å². The SMILES string of the molecule is c1ccc(-n2c(-c3ccc(-c4c5ccccc5c(-c5cccc(-c6ccc7c(c6)c6ccccc6n6c8ccccc8nc76)c5)c5ccccc45)cc3)nc3ccccc32)cc1. The molecule has 0 unspecified atom stereocenters. The molecule has 4 nitrogen and oxygen atoms in total. The van der Waals surface area contributed by atoms with Crippen LogP contribution in [0, 0.1) is 0 Å². The molecular formula is C58H36N4. The molecule has 0 saturated heterocycles. The quantitative estimate of drug-likeness (QED) is 0.129. The topological polar surface area (TPSA) is 35.1 Å². The van der Waals surface area contributed by atoms with Crippen LogP contribution in [0.25, 0.3) is 121 Å². The number of fused-ring (bicyclic) bond motifs is 11. The van der Waals surface area contributed by atoms with Crippen molar-refractivity contribution in [2.24, 2.45) is 0 Å². The molecule has 288 valence electrons. The molecule has 4 heteroatoms. The summed E-state index contributed by atoms with van der Waals surface area (Å²) in [5, 5.41) is 8.48. The second-order valence-electron chi connectivity index (χ2n) is 16.1. The molecule has 0 saturated carbocycles. The van der Waals surface area contributed by atoms with Gasteiger partial charge in [0.05, 0.1) is 27.6 Å². The third-order valence-corrected chi connectivity index (χ3v) is 12.7. The van der Waals surface area contributed by atoms with Crippen LogP contribution in [0.5, 0.6) is 0 Å². The smallest absolute Gasteiger partial charge is 0.146 e. The normalized spacial score (nSPS) is 11.9. The molecule has 10 aromatic carbocycles. The first kappa shape index (κ1) is 34.5. The first-order chi connectivity index (χ1) is 30.8. The van der Waals surface area contributed by atoms with E-state index in [1.807, 2.05) is 0 Å². The van der Waals surface area contributed by atoms with E-state index in [0.717, 1.165) is 55.7 Å². The zero-order chi connectivity index (χ0) is 40.7. The fourth-order valence-electron chi connectivity index (χ4n) is 9.94. The third kappa shape index (κ3) is 5.20. The molecule has 3 aromatic heterocycles. The van der Waals surface area contributed by atoms with Gasteiger partial charge in [0.2, 0.25) is 0 Å². The standard InChI is InChI=1S/C58H36N4/c1-2-17-42(18-3-1)61-53-27-12-9-24-50(53)59-57(61)38-31-29-37(30-32-38)55-44-20-4-6-22-46(44)56(47-23-7-5-21-45(47)55)41-16-14-15-39(35-41)40-33-34-48-49(36-40)43-19-8-11-26-52(43)62-54-28-13-10-25-51(54)60-58(48)62/h1-36H. The van der Waals surface area contributed by atoms with Crippen molar-refractivity contribution in [2.45, 2.75) is 0 Å². The first-order valence-corrected chi connectivity index (χ1v) is 21.2. The highest BCUT2D eigenvalue weighted by Crippen LogP contribution is 2.45. The number of pyridine rings is 1. The van der Waals surface area contributed by atoms with Crippen LogP contribution < -0.4 is 0 Å². The van der Waals surface area contributed by atoms with Gasteiger partial charge in [0.15, 0.2) is 0 Å². The van der Waals surface area contributed by atoms with E-state index in [4.69, 9.17) is 9.97 Å². The maximum atomic E-state index is 5.14. The van der Waals surface area contributed by atoms with Crippen LogP contribution in [0.2, 0.25) is 0 Å². The summed E-state index contributed by atoms with van der Waals surface area (Å²) in [7, 11) is 0. The van der Waals surface area contributed by atoms with E-state index in [0.29, 0.717) is 0 Å². The number of para-hydroxylation sites is 6. The summed E-state index contributed by atoms with van der Waals surface area (Å²) >= 11 is 0. The number of nitrogens with zero attached hydrogens (tertiary/aromatic N) is 4. The van der Waals surface area contributed by atoms with E-state index in [1.165, 1.54) is 65.7 Å². The van der Waals surface area contributed by atoms with Gasteiger partial charge in [-0.2, -0.15) is 0 Å². The number of imidazole rings is 2. The van der Waals surface area contributed by atoms with Crippen molar-refractivity contribution in [2.75, 3.05) is 0 Å².